The molecule has 0 saturated carbocycles. The first-order chi connectivity index (χ1) is 12.8. The van der Waals surface area contributed by atoms with E-state index >= 15 is 0 Å². The molecule has 0 saturated heterocycles. The lowest BCUT2D eigenvalue weighted by molar-refractivity contribution is -0.118. The van der Waals surface area contributed by atoms with Gasteiger partial charge < -0.3 is 16.4 Å². The number of aromatic nitrogens is 1. The Kier molecular flexibility index (Phi) is 4.63. The van der Waals surface area contributed by atoms with Gasteiger partial charge in [-0.15, -0.1) is 0 Å². The van der Waals surface area contributed by atoms with Gasteiger partial charge in [-0.25, -0.2) is 13.2 Å². The minimum atomic E-state index is -1.71. The van der Waals surface area contributed by atoms with Crippen molar-refractivity contribution < 1.29 is 18.0 Å². The number of amides is 1. The number of hydrogen-bond donors (Lipinski definition) is 3. The third-order valence-electron chi connectivity index (χ3n) is 3.77. The molecule has 2 aromatic carbocycles. The molecule has 1 amide bonds. The minimum Gasteiger partial charge on any atom is -0.368 e. The van der Waals surface area contributed by atoms with E-state index in [0.717, 1.165) is 0 Å². The topological polar surface area (TPSA) is 114 Å². The van der Waals surface area contributed by atoms with Gasteiger partial charge in [-0.3, -0.25) is 19.4 Å². The molecule has 3 rings (SSSR count). The number of rotatable bonds is 6. The van der Waals surface area contributed by atoms with Crippen molar-refractivity contribution in [2.45, 2.75) is 6.04 Å². The van der Waals surface area contributed by atoms with Gasteiger partial charge in [0.05, 0.1) is 0 Å². The molecule has 0 fully saturated rings. The summed E-state index contributed by atoms with van der Waals surface area (Å²) < 4.78 is 40.0. The highest BCUT2D eigenvalue weighted by molar-refractivity contribution is 5.88. The summed E-state index contributed by atoms with van der Waals surface area (Å²) in [5.41, 5.74) is 3.08. The van der Waals surface area contributed by atoms with E-state index in [4.69, 9.17) is 5.73 Å². The van der Waals surface area contributed by atoms with Crippen LogP contribution in [0.3, 0.4) is 0 Å². The summed E-state index contributed by atoms with van der Waals surface area (Å²) >= 11 is 0. The first kappa shape index (κ1) is 18.1. The van der Waals surface area contributed by atoms with Gasteiger partial charge >= 0.3 is 0 Å². The molecule has 1 heterocycles. The Morgan fingerprint density at radius 2 is 1.56 bits per heavy atom. The molecule has 0 aliphatic carbocycles. The van der Waals surface area contributed by atoms with Crippen molar-refractivity contribution >= 4 is 23.0 Å². The Morgan fingerprint density at radius 1 is 1.00 bits per heavy atom. The number of nitrogens with two attached hydrogens (primary N) is 1. The fourth-order valence-electron chi connectivity index (χ4n) is 2.43. The SMILES string of the molecule is NC(=O)C(Nc1c(Nc2ccncc2)c(=O)c1=O)c1cc(F)c(F)c(F)c1. The van der Waals surface area contributed by atoms with Crippen LogP contribution < -0.4 is 27.2 Å². The van der Waals surface area contributed by atoms with E-state index in [1.807, 2.05) is 0 Å². The highest BCUT2D eigenvalue weighted by atomic mass is 19.2. The van der Waals surface area contributed by atoms with Crippen LogP contribution in [0.25, 0.3) is 0 Å². The lowest BCUT2D eigenvalue weighted by Gasteiger charge is -2.21. The van der Waals surface area contributed by atoms with Gasteiger partial charge in [0.1, 0.15) is 17.4 Å². The van der Waals surface area contributed by atoms with Crippen molar-refractivity contribution in [3.63, 3.8) is 0 Å². The molecule has 4 N–H and O–H groups in total. The summed E-state index contributed by atoms with van der Waals surface area (Å²) in [6.07, 6.45) is 2.88. The Bertz CT molecular complexity index is 1070. The van der Waals surface area contributed by atoms with Crippen LogP contribution in [0.4, 0.5) is 30.2 Å². The maximum Gasteiger partial charge on any atom is 0.253 e. The molecule has 1 atom stereocenters. The maximum atomic E-state index is 13.5. The van der Waals surface area contributed by atoms with Crippen LogP contribution in [0.1, 0.15) is 11.6 Å². The molecule has 0 aliphatic heterocycles. The van der Waals surface area contributed by atoms with Gasteiger partial charge in [-0.05, 0) is 29.8 Å². The van der Waals surface area contributed by atoms with E-state index in [9.17, 15) is 27.6 Å². The van der Waals surface area contributed by atoms with Gasteiger partial charge in [-0.2, -0.15) is 0 Å². The Balaban J connectivity index is 1.95. The molecular weight excluding hydrogens is 365 g/mol. The molecule has 0 aliphatic rings. The quantitative estimate of drug-likeness (QED) is 0.444. The van der Waals surface area contributed by atoms with Gasteiger partial charge in [0.15, 0.2) is 17.5 Å². The van der Waals surface area contributed by atoms with E-state index in [0.29, 0.717) is 17.8 Å². The first-order valence-corrected chi connectivity index (χ1v) is 7.50. The van der Waals surface area contributed by atoms with Crippen LogP contribution in [0.2, 0.25) is 0 Å². The van der Waals surface area contributed by atoms with Crippen molar-refractivity contribution in [3.05, 3.63) is 80.1 Å². The van der Waals surface area contributed by atoms with E-state index < -0.39 is 40.3 Å². The fourth-order valence-corrected chi connectivity index (χ4v) is 2.43. The zero-order valence-electron chi connectivity index (χ0n) is 13.4. The molecule has 138 valence electrons. The summed E-state index contributed by atoms with van der Waals surface area (Å²) in [6, 6.07) is 2.62. The first-order valence-electron chi connectivity index (χ1n) is 7.50. The predicted molar refractivity (Wildman–Crippen MR) is 90.7 cm³/mol. The van der Waals surface area contributed by atoms with Crippen molar-refractivity contribution in [2.24, 2.45) is 5.73 Å². The maximum absolute atomic E-state index is 13.5. The standard InChI is InChI=1S/C17H11F3N4O3/c18-9-5-7(6-10(19)11(9)20)12(17(21)27)24-14-13(15(25)16(14)26)23-8-1-3-22-4-2-8/h1-6,12,24H,(H2,21,27)(H,22,23). The number of hydrogen-bond acceptors (Lipinski definition) is 6. The number of carbonyl (C=O) groups excluding carboxylic acids is 1. The number of nitrogens with one attached hydrogen (secondary N) is 2. The Morgan fingerprint density at radius 3 is 2.11 bits per heavy atom. The van der Waals surface area contributed by atoms with Gasteiger partial charge in [0, 0.05) is 18.1 Å². The summed E-state index contributed by atoms with van der Waals surface area (Å²) in [6.45, 7) is 0. The third-order valence-corrected chi connectivity index (χ3v) is 3.77. The van der Waals surface area contributed by atoms with Gasteiger partial charge in [-0.1, -0.05) is 0 Å². The number of anilines is 3. The monoisotopic (exact) mass is 376 g/mol. The largest absolute Gasteiger partial charge is 0.368 e. The number of primary amides is 1. The average Bonchev–Trinajstić information content (AvgIpc) is 2.65. The van der Waals surface area contributed by atoms with Crippen LogP contribution in [0, 0.1) is 17.5 Å². The summed E-state index contributed by atoms with van der Waals surface area (Å²) in [4.78, 5) is 39.2. The van der Waals surface area contributed by atoms with E-state index in [-0.39, 0.29) is 16.9 Å². The molecule has 10 heteroatoms. The van der Waals surface area contributed by atoms with Crippen molar-refractivity contribution in [3.8, 4) is 0 Å². The highest BCUT2D eigenvalue weighted by Crippen LogP contribution is 2.26. The van der Waals surface area contributed by atoms with Crippen LogP contribution in [-0.4, -0.2) is 10.9 Å². The van der Waals surface area contributed by atoms with Crippen molar-refractivity contribution in [1.82, 2.24) is 4.98 Å². The van der Waals surface area contributed by atoms with Gasteiger partial charge in [0.25, 0.3) is 10.9 Å². The second-order valence-corrected chi connectivity index (χ2v) is 5.55. The molecule has 7 nitrogen and oxygen atoms in total. The molecule has 3 aromatic rings. The van der Waals surface area contributed by atoms with Crippen molar-refractivity contribution in [2.75, 3.05) is 10.6 Å². The summed E-state index contributed by atoms with van der Waals surface area (Å²) in [5, 5.41) is 5.08. The van der Waals surface area contributed by atoms with E-state index in [2.05, 4.69) is 15.6 Å². The summed E-state index contributed by atoms with van der Waals surface area (Å²) in [7, 11) is 0. The van der Waals surface area contributed by atoms with Crippen LogP contribution in [0.15, 0.2) is 46.2 Å². The molecule has 1 aromatic heterocycles. The number of nitrogens with zero attached hydrogens (tertiary/aromatic N) is 1. The lowest BCUT2D eigenvalue weighted by Crippen LogP contribution is -2.39. The molecular formula is C17H11F3N4O3. The molecule has 0 bridgehead atoms. The fraction of sp³-hybridized carbons (Fsp3) is 0.0588. The molecule has 1 unspecified atom stereocenters. The predicted octanol–water partition coefficient (Wildman–Crippen LogP) is 1.48. The third kappa shape index (κ3) is 3.36. The lowest BCUT2D eigenvalue weighted by atomic mass is 10.0. The number of pyridine rings is 1. The van der Waals surface area contributed by atoms with Crippen LogP contribution in [-0.2, 0) is 4.79 Å². The molecule has 0 radical (unpaired) electrons. The number of halogens is 3. The van der Waals surface area contributed by atoms with Gasteiger partial charge in [0.2, 0.25) is 5.91 Å². The second-order valence-electron chi connectivity index (χ2n) is 5.55. The number of carbonyl (C=O) groups is 1. The van der Waals surface area contributed by atoms with Crippen LogP contribution in [0.5, 0.6) is 0 Å². The summed E-state index contributed by atoms with van der Waals surface area (Å²) in [5.74, 6) is -5.87. The van der Waals surface area contributed by atoms with Crippen LogP contribution >= 0.6 is 0 Å². The Labute approximate surface area is 149 Å². The normalized spacial score (nSPS) is 12.0. The highest BCUT2D eigenvalue weighted by Gasteiger charge is 2.28. The second kappa shape index (κ2) is 6.90. The van der Waals surface area contributed by atoms with E-state index in [1.54, 1.807) is 0 Å². The van der Waals surface area contributed by atoms with E-state index in [1.165, 1.54) is 24.5 Å². The molecule has 27 heavy (non-hydrogen) atoms. The zero-order chi connectivity index (χ0) is 19.7. The zero-order valence-corrected chi connectivity index (χ0v) is 13.4. The average molecular weight is 376 g/mol. The smallest absolute Gasteiger partial charge is 0.253 e. The number of benzene rings is 1. The Hall–Kier alpha value is -3.69. The van der Waals surface area contributed by atoms with Crippen molar-refractivity contribution in [1.29, 1.82) is 0 Å². The molecule has 0 spiro atoms. The minimum absolute atomic E-state index is 0.152.